The number of hydrogen-bond donors (Lipinski definition) is 1. The second kappa shape index (κ2) is 7.21. The van der Waals surface area contributed by atoms with Gasteiger partial charge in [-0.15, -0.1) is 0 Å². The zero-order valence-electron chi connectivity index (χ0n) is 13.7. The lowest BCUT2D eigenvalue weighted by Gasteiger charge is -2.09. The summed E-state index contributed by atoms with van der Waals surface area (Å²) in [6, 6.07) is 16.9. The molecule has 0 unspecified atom stereocenters. The number of ether oxygens (including phenoxy) is 1. The van der Waals surface area contributed by atoms with Gasteiger partial charge in [-0.3, -0.25) is 0 Å². The minimum absolute atomic E-state index is 0.182. The van der Waals surface area contributed by atoms with Gasteiger partial charge in [-0.2, -0.15) is 0 Å². The van der Waals surface area contributed by atoms with Crippen molar-refractivity contribution >= 4 is 20.8 Å². The van der Waals surface area contributed by atoms with Crippen LogP contribution in [0.5, 0.6) is 5.75 Å². The minimum Gasteiger partial charge on any atom is -0.497 e. The first-order valence-corrected chi connectivity index (χ1v) is 9.39. The standard InChI is InChI=1S/C19H18FNO3S/c1-24-19-9-6-16-10-15(2-5-17(16)11-19)12-21-25(22,23)13-14-3-7-18(20)8-4-14/h2-11,21H,12-13H2,1H3. The highest BCUT2D eigenvalue weighted by Gasteiger charge is 2.11. The van der Waals surface area contributed by atoms with Crippen LogP contribution in [-0.4, -0.2) is 15.5 Å². The molecule has 0 radical (unpaired) electrons. The van der Waals surface area contributed by atoms with E-state index in [1.807, 2.05) is 36.4 Å². The second-order valence-corrected chi connectivity index (χ2v) is 7.56. The number of sulfonamides is 1. The van der Waals surface area contributed by atoms with Crippen LogP contribution in [0.25, 0.3) is 10.8 Å². The average molecular weight is 359 g/mol. The molecule has 6 heteroatoms. The minimum atomic E-state index is -3.50. The summed E-state index contributed by atoms with van der Waals surface area (Å²) in [5.41, 5.74) is 1.40. The van der Waals surface area contributed by atoms with E-state index >= 15 is 0 Å². The number of rotatable bonds is 6. The second-order valence-electron chi connectivity index (χ2n) is 5.75. The van der Waals surface area contributed by atoms with Gasteiger partial charge in [-0.05, 0) is 52.2 Å². The SMILES string of the molecule is COc1ccc2cc(CNS(=O)(=O)Cc3ccc(F)cc3)ccc2c1. The van der Waals surface area contributed by atoms with Crippen LogP contribution in [0.4, 0.5) is 4.39 Å². The monoisotopic (exact) mass is 359 g/mol. The highest BCUT2D eigenvalue weighted by Crippen LogP contribution is 2.22. The lowest BCUT2D eigenvalue weighted by molar-refractivity contribution is 0.415. The quantitative estimate of drug-likeness (QED) is 0.731. The van der Waals surface area contributed by atoms with Crippen LogP contribution in [-0.2, 0) is 22.3 Å². The van der Waals surface area contributed by atoms with E-state index in [-0.39, 0.29) is 18.1 Å². The van der Waals surface area contributed by atoms with Crippen molar-refractivity contribution in [3.63, 3.8) is 0 Å². The third kappa shape index (κ3) is 4.55. The van der Waals surface area contributed by atoms with Gasteiger partial charge in [0, 0.05) is 6.54 Å². The number of halogens is 1. The molecular weight excluding hydrogens is 341 g/mol. The summed E-state index contributed by atoms with van der Waals surface area (Å²) in [5.74, 6) is 0.208. The molecule has 0 spiro atoms. The zero-order chi connectivity index (χ0) is 17.9. The summed E-state index contributed by atoms with van der Waals surface area (Å²) >= 11 is 0. The van der Waals surface area contributed by atoms with E-state index in [0.29, 0.717) is 5.56 Å². The summed E-state index contributed by atoms with van der Waals surface area (Å²) in [5, 5.41) is 2.04. The Hall–Kier alpha value is -2.44. The number of benzene rings is 3. The van der Waals surface area contributed by atoms with Crippen molar-refractivity contribution in [2.24, 2.45) is 0 Å². The maximum atomic E-state index is 12.9. The molecular formula is C19H18FNO3S. The van der Waals surface area contributed by atoms with Gasteiger partial charge in [0.25, 0.3) is 0 Å². The van der Waals surface area contributed by atoms with E-state index in [2.05, 4.69) is 4.72 Å². The Morgan fingerprint density at radius 2 is 1.56 bits per heavy atom. The van der Waals surface area contributed by atoms with Gasteiger partial charge in [0.2, 0.25) is 10.0 Å². The Morgan fingerprint density at radius 3 is 2.28 bits per heavy atom. The summed E-state index contributed by atoms with van der Waals surface area (Å²) in [6.45, 7) is 0.200. The van der Waals surface area contributed by atoms with Gasteiger partial charge in [0.15, 0.2) is 0 Å². The molecule has 0 saturated carbocycles. The van der Waals surface area contributed by atoms with Crippen LogP contribution >= 0.6 is 0 Å². The smallest absolute Gasteiger partial charge is 0.216 e. The van der Waals surface area contributed by atoms with Crippen molar-refractivity contribution in [2.75, 3.05) is 7.11 Å². The molecule has 0 aliphatic rings. The molecule has 0 aliphatic carbocycles. The fraction of sp³-hybridized carbons (Fsp3) is 0.158. The van der Waals surface area contributed by atoms with Crippen LogP contribution in [0.1, 0.15) is 11.1 Å². The first kappa shape index (κ1) is 17.4. The topological polar surface area (TPSA) is 55.4 Å². The molecule has 25 heavy (non-hydrogen) atoms. The molecule has 0 aliphatic heterocycles. The number of nitrogens with one attached hydrogen (secondary N) is 1. The van der Waals surface area contributed by atoms with E-state index < -0.39 is 10.0 Å². The third-order valence-corrected chi connectivity index (χ3v) is 5.18. The highest BCUT2D eigenvalue weighted by atomic mass is 32.2. The molecule has 0 bridgehead atoms. The molecule has 0 heterocycles. The Kier molecular flexibility index (Phi) is 5.01. The van der Waals surface area contributed by atoms with Crippen LogP contribution in [0, 0.1) is 5.82 Å². The Labute approximate surface area is 146 Å². The van der Waals surface area contributed by atoms with E-state index in [4.69, 9.17) is 4.74 Å². The number of hydrogen-bond acceptors (Lipinski definition) is 3. The molecule has 130 valence electrons. The Morgan fingerprint density at radius 1 is 0.920 bits per heavy atom. The maximum Gasteiger partial charge on any atom is 0.216 e. The molecule has 0 fully saturated rings. The van der Waals surface area contributed by atoms with Crippen molar-refractivity contribution in [2.45, 2.75) is 12.3 Å². The van der Waals surface area contributed by atoms with Crippen molar-refractivity contribution in [3.05, 3.63) is 77.6 Å². The summed E-state index contributed by atoms with van der Waals surface area (Å²) in [6.07, 6.45) is 0. The average Bonchev–Trinajstić information content (AvgIpc) is 2.61. The largest absolute Gasteiger partial charge is 0.497 e. The van der Waals surface area contributed by atoms with Gasteiger partial charge >= 0.3 is 0 Å². The predicted molar refractivity (Wildman–Crippen MR) is 96.4 cm³/mol. The molecule has 0 atom stereocenters. The first-order valence-electron chi connectivity index (χ1n) is 7.74. The fourth-order valence-electron chi connectivity index (χ4n) is 2.55. The molecule has 0 amide bonds. The van der Waals surface area contributed by atoms with Gasteiger partial charge in [-0.1, -0.05) is 30.3 Å². The van der Waals surface area contributed by atoms with Crippen molar-refractivity contribution in [1.29, 1.82) is 0 Å². The third-order valence-electron chi connectivity index (χ3n) is 3.88. The Bertz CT molecular complexity index is 985. The molecule has 3 aromatic carbocycles. The molecule has 3 rings (SSSR count). The highest BCUT2D eigenvalue weighted by molar-refractivity contribution is 7.88. The van der Waals surface area contributed by atoms with E-state index in [1.165, 1.54) is 24.3 Å². The normalized spacial score (nSPS) is 11.6. The molecule has 0 aromatic heterocycles. The van der Waals surface area contributed by atoms with Gasteiger partial charge in [-0.25, -0.2) is 17.5 Å². The van der Waals surface area contributed by atoms with Crippen molar-refractivity contribution in [1.82, 2.24) is 4.72 Å². The molecule has 1 N–H and O–H groups in total. The fourth-order valence-corrected chi connectivity index (χ4v) is 3.67. The number of fused-ring (bicyclic) bond motifs is 1. The number of methoxy groups -OCH3 is 1. The van der Waals surface area contributed by atoms with Crippen LogP contribution in [0.15, 0.2) is 60.7 Å². The van der Waals surface area contributed by atoms with Crippen LogP contribution in [0.3, 0.4) is 0 Å². The van der Waals surface area contributed by atoms with E-state index in [9.17, 15) is 12.8 Å². The molecule has 3 aromatic rings. The van der Waals surface area contributed by atoms with Crippen molar-refractivity contribution in [3.8, 4) is 5.75 Å². The zero-order valence-corrected chi connectivity index (χ0v) is 14.5. The van der Waals surface area contributed by atoms with Crippen molar-refractivity contribution < 1.29 is 17.5 Å². The predicted octanol–water partition coefficient (Wildman–Crippen LogP) is 3.61. The van der Waals surface area contributed by atoms with Gasteiger partial charge < -0.3 is 4.74 Å². The van der Waals surface area contributed by atoms with Crippen LogP contribution in [0.2, 0.25) is 0 Å². The molecule has 0 saturated heterocycles. The van der Waals surface area contributed by atoms with E-state index in [0.717, 1.165) is 22.1 Å². The van der Waals surface area contributed by atoms with Gasteiger partial charge in [0.05, 0.1) is 12.9 Å². The summed E-state index contributed by atoms with van der Waals surface area (Å²) < 4.78 is 45.0. The summed E-state index contributed by atoms with van der Waals surface area (Å²) in [4.78, 5) is 0. The van der Waals surface area contributed by atoms with E-state index in [1.54, 1.807) is 7.11 Å². The Balaban J connectivity index is 1.69. The van der Waals surface area contributed by atoms with Crippen LogP contribution < -0.4 is 9.46 Å². The lowest BCUT2D eigenvalue weighted by Crippen LogP contribution is -2.24. The first-order chi connectivity index (χ1) is 11.9. The lowest BCUT2D eigenvalue weighted by atomic mass is 10.1. The maximum absolute atomic E-state index is 12.9. The molecule has 4 nitrogen and oxygen atoms in total. The van der Waals surface area contributed by atoms with Gasteiger partial charge in [0.1, 0.15) is 11.6 Å². The summed E-state index contributed by atoms with van der Waals surface area (Å²) in [7, 11) is -1.89.